The summed E-state index contributed by atoms with van der Waals surface area (Å²) in [7, 11) is 3.37. The fourth-order valence-corrected chi connectivity index (χ4v) is 1.44. The number of aromatic nitrogens is 5. The number of hydrogen-bond donors (Lipinski definition) is 1. The van der Waals surface area contributed by atoms with Crippen LogP contribution in [-0.2, 0) is 13.5 Å². The van der Waals surface area contributed by atoms with Crippen molar-refractivity contribution in [2.75, 3.05) is 7.11 Å². The molecule has 0 bridgehead atoms. The summed E-state index contributed by atoms with van der Waals surface area (Å²) in [6.07, 6.45) is 2.07. The van der Waals surface area contributed by atoms with Crippen molar-refractivity contribution in [3.8, 4) is 5.88 Å². The molecular weight excluding hydrogens is 220 g/mol. The van der Waals surface area contributed by atoms with Crippen molar-refractivity contribution in [2.45, 2.75) is 12.5 Å². The number of hydrogen-bond acceptors (Lipinski definition) is 6. The number of methoxy groups -OCH3 is 1. The van der Waals surface area contributed by atoms with Crippen molar-refractivity contribution in [2.24, 2.45) is 12.8 Å². The van der Waals surface area contributed by atoms with Crippen molar-refractivity contribution in [3.05, 3.63) is 30.0 Å². The molecule has 2 heterocycles. The molecule has 0 amide bonds. The van der Waals surface area contributed by atoms with Gasteiger partial charge in [-0.05, 0) is 6.07 Å². The zero-order valence-corrected chi connectivity index (χ0v) is 9.74. The molecule has 0 fully saturated rings. The second kappa shape index (κ2) is 4.88. The lowest BCUT2D eigenvalue weighted by molar-refractivity contribution is 0.390. The first kappa shape index (κ1) is 11.5. The third-order valence-electron chi connectivity index (χ3n) is 2.46. The summed E-state index contributed by atoms with van der Waals surface area (Å²) >= 11 is 0. The molecule has 1 atom stereocenters. The van der Waals surface area contributed by atoms with Gasteiger partial charge in [-0.2, -0.15) is 10.2 Å². The van der Waals surface area contributed by atoms with Crippen LogP contribution in [0.2, 0.25) is 0 Å². The Bertz CT molecular complexity index is 480. The molecule has 7 nitrogen and oxygen atoms in total. The summed E-state index contributed by atoms with van der Waals surface area (Å²) in [4.78, 5) is 4.11. The molecule has 2 rings (SSSR count). The standard InChI is InChI=1S/C10H14N6O/c1-16-9(12-6-13-16)5-7(11)8-3-4-10(17-2)15-14-8/h3-4,6-7H,5,11H2,1-2H3. The molecule has 0 spiro atoms. The number of ether oxygens (including phenoxy) is 1. The van der Waals surface area contributed by atoms with Crippen LogP contribution >= 0.6 is 0 Å². The van der Waals surface area contributed by atoms with Crippen molar-refractivity contribution in [3.63, 3.8) is 0 Å². The minimum Gasteiger partial charge on any atom is -0.480 e. The predicted molar refractivity (Wildman–Crippen MR) is 60.2 cm³/mol. The fraction of sp³-hybridized carbons (Fsp3) is 0.400. The summed E-state index contributed by atoms with van der Waals surface area (Å²) < 4.78 is 6.62. The molecule has 1 unspecified atom stereocenters. The lowest BCUT2D eigenvalue weighted by atomic mass is 10.1. The molecule has 0 aromatic carbocycles. The average molecular weight is 234 g/mol. The Morgan fingerprint density at radius 2 is 2.24 bits per heavy atom. The van der Waals surface area contributed by atoms with Crippen molar-refractivity contribution < 1.29 is 4.74 Å². The molecule has 2 aromatic rings. The highest BCUT2D eigenvalue weighted by molar-refractivity contribution is 5.14. The Kier molecular flexibility index (Phi) is 3.29. The van der Waals surface area contributed by atoms with E-state index in [1.165, 1.54) is 6.33 Å². The molecule has 90 valence electrons. The van der Waals surface area contributed by atoms with E-state index in [1.54, 1.807) is 23.9 Å². The first-order valence-corrected chi connectivity index (χ1v) is 5.16. The lowest BCUT2D eigenvalue weighted by Crippen LogP contribution is -2.17. The number of aryl methyl sites for hydroxylation is 1. The molecule has 0 saturated heterocycles. The molecule has 2 N–H and O–H groups in total. The van der Waals surface area contributed by atoms with E-state index in [0.29, 0.717) is 18.0 Å². The van der Waals surface area contributed by atoms with Gasteiger partial charge >= 0.3 is 0 Å². The van der Waals surface area contributed by atoms with Crippen LogP contribution in [0, 0.1) is 0 Å². The van der Waals surface area contributed by atoms with Crippen LogP contribution in [-0.4, -0.2) is 32.1 Å². The van der Waals surface area contributed by atoms with E-state index in [9.17, 15) is 0 Å². The Balaban J connectivity index is 2.09. The van der Waals surface area contributed by atoms with Crippen LogP contribution < -0.4 is 10.5 Å². The molecule has 17 heavy (non-hydrogen) atoms. The lowest BCUT2D eigenvalue weighted by Gasteiger charge is -2.09. The van der Waals surface area contributed by atoms with E-state index in [1.807, 2.05) is 7.05 Å². The Morgan fingerprint density at radius 3 is 2.76 bits per heavy atom. The van der Waals surface area contributed by atoms with Gasteiger partial charge in [0.05, 0.1) is 18.8 Å². The largest absolute Gasteiger partial charge is 0.480 e. The summed E-state index contributed by atoms with van der Waals surface area (Å²) in [5.74, 6) is 1.29. The molecule has 0 aliphatic rings. The number of nitrogens with zero attached hydrogens (tertiary/aromatic N) is 5. The van der Waals surface area contributed by atoms with Gasteiger partial charge in [0.2, 0.25) is 5.88 Å². The minimum absolute atomic E-state index is 0.253. The molecule has 0 aliphatic heterocycles. The maximum atomic E-state index is 6.02. The SMILES string of the molecule is COc1ccc(C(N)Cc2ncnn2C)nn1. The van der Waals surface area contributed by atoms with Gasteiger partial charge in [0.25, 0.3) is 0 Å². The van der Waals surface area contributed by atoms with Gasteiger partial charge in [-0.1, -0.05) is 0 Å². The van der Waals surface area contributed by atoms with Gasteiger partial charge in [-0.25, -0.2) is 4.98 Å². The van der Waals surface area contributed by atoms with Gasteiger partial charge in [0, 0.05) is 19.5 Å². The fourth-order valence-electron chi connectivity index (χ4n) is 1.44. The monoisotopic (exact) mass is 234 g/mol. The zero-order chi connectivity index (χ0) is 12.3. The van der Waals surface area contributed by atoms with E-state index in [0.717, 1.165) is 5.82 Å². The van der Waals surface area contributed by atoms with E-state index >= 15 is 0 Å². The highest BCUT2D eigenvalue weighted by Gasteiger charge is 2.12. The van der Waals surface area contributed by atoms with Crippen LogP contribution in [0.4, 0.5) is 0 Å². The summed E-state index contributed by atoms with van der Waals surface area (Å²) in [5, 5.41) is 11.9. The maximum Gasteiger partial charge on any atom is 0.233 e. The van der Waals surface area contributed by atoms with Gasteiger partial charge in [0.15, 0.2) is 0 Å². The Hall–Kier alpha value is -2.02. The van der Waals surface area contributed by atoms with E-state index in [4.69, 9.17) is 10.5 Å². The van der Waals surface area contributed by atoms with Gasteiger partial charge < -0.3 is 10.5 Å². The third kappa shape index (κ3) is 2.56. The highest BCUT2D eigenvalue weighted by Crippen LogP contribution is 2.13. The normalized spacial score (nSPS) is 12.4. The molecule has 7 heteroatoms. The molecular formula is C10H14N6O. The highest BCUT2D eigenvalue weighted by atomic mass is 16.5. The first-order chi connectivity index (χ1) is 8.20. The van der Waals surface area contributed by atoms with E-state index < -0.39 is 0 Å². The summed E-state index contributed by atoms with van der Waals surface area (Å²) in [5.41, 5.74) is 6.72. The second-order valence-corrected chi connectivity index (χ2v) is 3.61. The maximum absolute atomic E-state index is 6.02. The van der Waals surface area contributed by atoms with Crippen LogP contribution in [0.1, 0.15) is 17.6 Å². The summed E-state index contributed by atoms with van der Waals surface area (Å²) in [6.45, 7) is 0. The zero-order valence-electron chi connectivity index (χ0n) is 9.74. The van der Waals surface area contributed by atoms with Crippen molar-refractivity contribution >= 4 is 0 Å². The smallest absolute Gasteiger partial charge is 0.233 e. The topological polar surface area (TPSA) is 91.7 Å². The Morgan fingerprint density at radius 1 is 1.41 bits per heavy atom. The van der Waals surface area contributed by atoms with Crippen molar-refractivity contribution in [1.29, 1.82) is 0 Å². The van der Waals surface area contributed by atoms with Crippen LogP contribution in [0.25, 0.3) is 0 Å². The summed E-state index contributed by atoms with van der Waals surface area (Å²) in [6, 6.07) is 3.28. The first-order valence-electron chi connectivity index (χ1n) is 5.16. The van der Waals surface area contributed by atoms with E-state index in [-0.39, 0.29) is 6.04 Å². The number of nitrogens with two attached hydrogens (primary N) is 1. The molecule has 0 radical (unpaired) electrons. The van der Waals surface area contributed by atoms with Crippen LogP contribution in [0.5, 0.6) is 5.88 Å². The number of rotatable bonds is 4. The van der Waals surface area contributed by atoms with Crippen LogP contribution in [0.15, 0.2) is 18.5 Å². The van der Waals surface area contributed by atoms with Gasteiger partial charge in [-0.3, -0.25) is 4.68 Å². The van der Waals surface area contributed by atoms with Gasteiger partial charge in [-0.15, -0.1) is 5.10 Å². The Labute approximate surface area is 98.6 Å². The third-order valence-corrected chi connectivity index (χ3v) is 2.46. The average Bonchev–Trinajstić information content (AvgIpc) is 2.75. The molecule has 0 saturated carbocycles. The quantitative estimate of drug-likeness (QED) is 0.791. The van der Waals surface area contributed by atoms with Crippen molar-refractivity contribution in [1.82, 2.24) is 25.0 Å². The minimum atomic E-state index is -0.253. The second-order valence-electron chi connectivity index (χ2n) is 3.61. The predicted octanol–water partition coefficient (Wildman–Crippen LogP) is -0.144. The molecule has 0 aliphatic carbocycles. The van der Waals surface area contributed by atoms with Crippen LogP contribution in [0.3, 0.4) is 0 Å². The van der Waals surface area contributed by atoms with E-state index in [2.05, 4.69) is 20.3 Å². The van der Waals surface area contributed by atoms with Gasteiger partial charge in [0.1, 0.15) is 12.2 Å². The molecule has 2 aromatic heterocycles.